The van der Waals surface area contributed by atoms with Crippen LogP contribution in [0.5, 0.6) is 17.2 Å². The molecule has 0 aliphatic carbocycles. The van der Waals surface area contributed by atoms with Crippen molar-refractivity contribution in [3.8, 4) is 17.2 Å². The van der Waals surface area contributed by atoms with Crippen molar-refractivity contribution in [1.29, 1.82) is 0 Å². The van der Waals surface area contributed by atoms with E-state index in [1.165, 1.54) is 0 Å². The van der Waals surface area contributed by atoms with Crippen molar-refractivity contribution in [2.75, 3.05) is 13.7 Å². The molecule has 0 aliphatic heterocycles. The summed E-state index contributed by atoms with van der Waals surface area (Å²) in [7, 11) is 1.56. The summed E-state index contributed by atoms with van der Waals surface area (Å²) in [6, 6.07) is 24.9. The summed E-state index contributed by atoms with van der Waals surface area (Å²) in [5.41, 5.74) is 2.10. The Labute approximate surface area is 164 Å². The third-order valence-electron chi connectivity index (χ3n) is 4.09. The third-order valence-corrected chi connectivity index (χ3v) is 4.09. The average Bonchev–Trinajstić information content (AvgIpc) is 2.76. The molecule has 1 amide bonds. The van der Waals surface area contributed by atoms with Gasteiger partial charge < -0.3 is 19.5 Å². The lowest BCUT2D eigenvalue weighted by Crippen LogP contribution is -2.28. The van der Waals surface area contributed by atoms with Gasteiger partial charge >= 0.3 is 0 Å². The third kappa shape index (κ3) is 5.77. The molecular formula is C23H23NO4. The summed E-state index contributed by atoms with van der Waals surface area (Å²) in [5.74, 6) is 1.73. The first-order valence-corrected chi connectivity index (χ1v) is 9.03. The van der Waals surface area contributed by atoms with Gasteiger partial charge in [0.25, 0.3) is 5.91 Å². The van der Waals surface area contributed by atoms with E-state index in [0.717, 1.165) is 16.9 Å². The topological polar surface area (TPSA) is 56.8 Å². The number of benzene rings is 3. The lowest BCUT2D eigenvalue weighted by Gasteiger charge is -2.11. The van der Waals surface area contributed by atoms with Crippen molar-refractivity contribution in [2.24, 2.45) is 0 Å². The van der Waals surface area contributed by atoms with E-state index in [9.17, 15) is 4.79 Å². The summed E-state index contributed by atoms with van der Waals surface area (Å²) >= 11 is 0. The van der Waals surface area contributed by atoms with Crippen LogP contribution in [0.2, 0.25) is 0 Å². The molecule has 5 heteroatoms. The zero-order valence-electron chi connectivity index (χ0n) is 15.8. The van der Waals surface area contributed by atoms with Crippen LogP contribution >= 0.6 is 0 Å². The van der Waals surface area contributed by atoms with Gasteiger partial charge in [0.1, 0.15) is 12.4 Å². The molecule has 5 nitrogen and oxygen atoms in total. The van der Waals surface area contributed by atoms with E-state index in [1.54, 1.807) is 19.2 Å². The molecule has 0 atom stereocenters. The van der Waals surface area contributed by atoms with Gasteiger partial charge in [-0.1, -0.05) is 54.6 Å². The molecule has 0 heterocycles. The largest absolute Gasteiger partial charge is 0.493 e. The van der Waals surface area contributed by atoms with E-state index in [1.807, 2.05) is 66.7 Å². The number of carbonyl (C=O) groups excluding carboxylic acids is 1. The molecule has 1 N–H and O–H groups in total. The minimum atomic E-state index is -0.199. The molecule has 0 radical (unpaired) electrons. The number of rotatable bonds is 9. The van der Waals surface area contributed by atoms with Crippen molar-refractivity contribution in [1.82, 2.24) is 5.32 Å². The van der Waals surface area contributed by atoms with E-state index in [2.05, 4.69) is 5.32 Å². The molecule has 144 valence electrons. The molecule has 0 saturated carbocycles. The second-order valence-corrected chi connectivity index (χ2v) is 6.13. The molecule has 0 unspecified atom stereocenters. The number of amides is 1. The number of methoxy groups -OCH3 is 1. The zero-order valence-corrected chi connectivity index (χ0v) is 15.8. The van der Waals surface area contributed by atoms with Gasteiger partial charge in [-0.3, -0.25) is 4.79 Å². The van der Waals surface area contributed by atoms with Gasteiger partial charge in [0.2, 0.25) is 0 Å². The Morgan fingerprint density at radius 1 is 0.786 bits per heavy atom. The van der Waals surface area contributed by atoms with Gasteiger partial charge in [-0.15, -0.1) is 0 Å². The van der Waals surface area contributed by atoms with Crippen LogP contribution in [0.15, 0.2) is 78.9 Å². The fourth-order valence-electron chi connectivity index (χ4n) is 2.58. The van der Waals surface area contributed by atoms with Gasteiger partial charge in [0, 0.05) is 6.54 Å². The second kappa shape index (κ2) is 10.0. The van der Waals surface area contributed by atoms with Crippen molar-refractivity contribution in [3.63, 3.8) is 0 Å². The number of hydrogen-bond acceptors (Lipinski definition) is 4. The van der Waals surface area contributed by atoms with Crippen molar-refractivity contribution < 1.29 is 19.0 Å². The molecule has 0 fully saturated rings. The minimum Gasteiger partial charge on any atom is -0.493 e. The fourth-order valence-corrected chi connectivity index (χ4v) is 2.58. The monoisotopic (exact) mass is 377 g/mol. The van der Waals surface area contributed by atoms with Gasteiger partial charge in [0.15, 0.2) is 18.1 Å². The number of ether oxygens (including phenoxy) is 3. The van der Waals surface area contributed by atoms with E-state index >= 15 is 0 Å². The fraction of sp³-hybridized carbons (Fsp3) is 0.174. The zero-order chi connectivity index (χ0) is 19.6. The molecule has 0 bridgehead atoms. The smallest absolute Gasteiger partial charge is 0.258 e. The van der Waals surface area contributed by atoms with Crippen LogP contribution in [0.25, 0.3) is 0 Å². The highest BCUT2D eigenvalue weighted by Gasteiger charge is 2.07. The number of para-hydroxylation sites is 2. The summed E-state index contributed by atoms with van der Waals surface area (Å²) in [5, 5.41) is 2.84. The quantitative estimate of drug-likeness (QED) is 0.613. The Morgan fingerprint density at radius 3 is 2.18 bits per heavy atom. The second-order valence-electron chi connectivity index (χ2n) is 6.13. The van der Waals surface area contributed by atoms with E-state index in [0.29, 0.717) is 24.7 Å². The SMILES string of the molecule is COc1ccccc1OCC(=O)NCc1ccc(OCc2ccccc2)cc1. The molecule has 0 spiro atoms. The maximum Gasteiger partial charge on any atom is 0.258 e. The van der Waals surface area contributed by atoms with E-state index < -0.39 is 0 Å². The highest BCUT2D eigenvalue weighted by atomic mass is 16.5. The van der Waals surface area contributed by atoms with Crippen LogP contribution in [-0.2, 0) is 17.9 Å². The van der Waals surface area contributed by atoms with Gasteiger partial charge in [-0.25, -0.2) is 0 Å². The van der Waals surface area contributed by atoms with E-state index in [-0.39, 0.29) is 12.5 Å². The van der Waals surface area contributed by atoms with Gasteiger partial charge in [-0.2, -0.15) is 0 Å². The van der Waals surface area contributed by atoms with Crippen LogP contribution in [0, 0.1) is 0 Å². The predicted octanol–water partition coefficient (Wildman–Crippen LogP) is 3.97. The molecule has 0 aromatic heterocycles. The summed E-state index contributed by atoms with van der Waals surface area (Å²) < 4.78 is 16.5. The summed E-state index contributed by atoms with van der Waals surface area (Å²) in [4.78, 5) is 12.0. The Hall–Kier alpha value is -3.47. The van der Waals surface area contributed by atoms with Crippen LogP contribution in [0.3, 0.4) is 0 Å². The molecule has 3 aromatic carbocycles. The highest BCUT2D eigenvalue weighted by molar-refractivity contribution is 5.77. The predicted molar refractivity (Wildman–Crippen MR) is 108 cm³/mol. The standard InChI is InChI=1S/C23H23NO4/c1-26-21-9-5-6-10-22(21)28-17-23(25)24-15-18-11-13-20(14-12-18)27-16-19-7-3-2-4-8-19/h2-14H,15-17H2,1H3,(H,24,25). The van der Waals surface area contributed by atoms with E-state index in [4.69, 9.17) is 14.2 Å². The summed E-state index contributed by atoms with van der Waals surface area (Å²) in [6.45, 7) is 0.878. The lowest BCUT2D eigenvalue weighted by atomic mass is 10.2. The van der Waals surface area contributed by atoms with Crippen molar-refractivity contribution in [3.05, 3.63) is 90.0 Å². The molecule has 3 aromatic rings. The van der Waals surface area contributed by atoms with Gasteiger partial charge in [-0.05, 0) is 35.4 Å². The van der Waals surface area contributed by atoms with Crippen LogP contribution in [0.4, 0.5) is 0 Å². The average molecular weight is 377 g/mol. The van der Waals surface area contributed by atoms with Crippen LogP contribution in [-0.4, -0.2) is 19.6 Å². The Kier molecular flexibility index (Phi) is 6.90. The highest BCUT2D eigenvalue weighted by Crippen LogP contribution is 2.25. The first-order valence-electron chi connectivity index (χ1n) is 9.03. The lowest BCUT2D eigenvalue weighted by molar-refractivity contribution is -0.123. The number of hydrogen-bond donors (Lipinski definition) is 1. The Morgan fingerprint density at radius 2 is 1.46 bits per heavy atom. The Bertz CT molecular complexity index is 879. The number of nitrogens with one attached hydrogen (secondary N) is 1. The minimum absolute atomic E-state index is 0.0708. The number of carbonyl (C=O) groups is 1. The first-order chi connectivity index (χ1) is 13.7. The molecule has 0 saturated heterocycles. The van der Waals surface area contributed by atoms with Crippen LogP contribution in [0.1, 0.15) is 11.1 Å². The first kappa shape index (κ1) is 19.3. The van der Waals surface area contributed by atoms with Crippen LogP contribution < -0.4 is 19.5 Å². The van der Waals surface area contributed by atoms with Crippen molar-refractivity contribution in [2.45, 2.75) is 13.2 Å². The molecule has 3 rings (SSSR count). The maximum atomic E-state index is 12.0. The van der Waals surface area contributed by atoms with Gasteiger partial charge in [0.05, 0.1) is 7.11 Å². The Balaban J connectivity index is 1.42. The van der Waals surface area contributed by atoms with Crippen molar-refractivity contribution >= 4 is 5.91 Å². The molecular weight excluding hydrogens is 354 g/mol. The normalized spacial score (nSPS) is 10.2. The summed E-state index contributed by atoms with van der Waals surface area (Å²) in [6.07, 6.45) is 0. The molecule has 28 heavy (non-hydrogen) atoms. The molecule has 0 aliphatic rings. The maximum absolute atomic E-state index is 12.0.